The van der Waals surface area contributed by atoms with E-state index >= 15 is 0 Å². The maximum atomic E-state index is 12.4. The first-order valence-corrected chi connectivity index (χ1v) is 9.65. The van der Waals surface area contributed by atoms with E-state index in [1.54, 1.807) is 11.8 Å². The SMILES string of the molecule is C=CCn1c(=NC(=O)Cc2ccc(SC)cc2)sc2ccccc21. The van der Waals surface area contributed by atoms with Crippen LogP contribution >= 0.6 is 23.1 Å². The summed E-state index contributed by atoms with van der Waals surface area (Å²) in [5.41, 5.74) is 2.07. The Morgan fingerprint density at radius 1 is 1.25 bits per heavy atom. The molecule has 0 fully saturated rings. The fourth-order valence-corrected chi connectivity index (χ4v) is 3.94. The van der Waals surface area contributed by atoms with Gasteiger partial charge < -0.3 is 4.57 Å². The van der Waals surface area contributed by atoms with Crippen molar-refractivity contribution in [1.29, 1.82) is 0 Å². The predicted octanol–water partition coefficient (Wildman–Crippen LogP) is 4.28. The summed E-state index contributed by atoms with van der Waals surface area (Å²) in [5, 5.41) is 0. The van der Waals surface area contributed by atoms with Crippen LogP contribution in [0.15, 0.2) is 71.1 Å². The van der Waals surface area contributed by atoms with Crippen LogP contribution in [-0.2, 0) is 17.8 Å². The normalized spacial score (nSPS) is 11.8. The molecule has 0 aliphatic rings. The first-order chi connectivity index (χ1) is 11.7. The molecule has 0 saturated carbocycles. The molecule has 0 unspecified atom stereocenters. The molecule has 0 N–H and O–H groups in total. The molecule has 3 rings (SSSR count). The van der Waals surface area contributed by atoms with Gasteiger partial charge in [-0.2, -0.15) is 4.99 Å². The van der Waals surface area contributed by atoms with Crippen molar-refractivity contribution in [3.8, 4) is 0 Å². The van der Waals surface area contributed by atoms with E-state index in [2.05, 4.69) is 11.6 Å². The average Bonchev–Trinajstić information content (AvgIpc) is 2.93. The number of thioether (sulfide) groups is 1. The second kappa shape index (κ2) is 7.64. The fraction of sp³-hybridized carbons (Fsp3) is 0.158. The van der Waals surface area contributed by atoms with Crippen LogP contribution in [0.1, 0.15) is 5.56 Å². The lowest BCUT2D eigenvalue weighted by Gasteiger charge is -2.01. The number of para-hydroxylation sites is 1. The third kappa shape index (κ3) is 3.68. The summed E-state index contributed by atoms with van der Waals surface area (Å²) in [6, 6.07) is 16.1. The first-order valence-electron chi connectivity index (χ1n) is 7.61. The van der Waals surface area contributed by atoms with Crippen molar-refractivity contribution < 1.29 is 4.79 Å². The van der Waals surface area contributed by atoms with Gasteiger partial charge in [-0.1, -0.05) is 41.7 Å². The molecule has 24 heavy (non-hydrogen) atoms. The summed E-state index contributed by atoms with van der Waals surface area (Å²) in [4.78, 5) is 18.6. The van der Waals surface area contributed by atoms with Crippen LogP contribution in [0, 0.1) is 0 Å². The molecule has 1 aromatic heterocycles. The van der Waals surface area contributed by atoms with Crippen LogP contribution < -0.4 is 4.80 Å². The van der Waals surface area contributed by atoms with Gasteiger partial charge in [-0.3, -0.25) is 4.79 Å². The minimum atomic E-state index is -0.128. The molecule has 0 atom stereocenters. The molecular weight excluding hydrogens is 336 g/mol. The largest absolute Gasteiger partial charge is 0.313 e. The van der Waals surface area contributed by atoms with Crippen LogP contribution in [0.2, 0.25) is 0 Å². The van der Waals surface area contributed by atoms with Crippen molar-refractivity contribution in [2.45, 2.75) is 17.9 Å². The predicted molar refractivity (Wildman–Crippen MR) is 103 cm³/mol. The van der Waals surface area contributed by atoms with E-state index in [0.29, 0.717) is 13.0 Å². The lowest BCUT2D eigenvalue weighted by molar-refractivity contribution is -0.117. The van der Waals surface area contributed by atoms with E-state index in [4.69, 9.17) is 0 Å². The van der Waals surface area contributed by atoms with Gasteiger partial charge >= 0.3 is 0 Å². The topological polar surface area (TPSA) is 34.4 Å². The number of hydrogen-bond acceptors (Lipinski definition) is 3. The van der Waals surface area contributed by atoms with Crippen molar-refractivity contribution in [3.63, 3.8) is 0 Å². The molecular formula is C19H18N2OS2. The number of carbonyl (C=O) groups is 1. The van der Waals surface area contributed by atoms with Gasteiger partial charge in [-0.15, -0.1) is 18.3 Å². The lowest BCUT2D eigenvalue weighted by atomic mass is 10.1. The molecule has 2 aromatic carbocycles. The zero-order valence-electron chi connectivity index (χ0n) is 13.4. The summed E-state index contributed by atoms with van der Waals surface area (Å²) in [7, 11) is 0. The van der Waals surface area contributed by atoms with Gasteiger partial charge in [0, 0.05) is 11.4 Å². The molecule has 0 aliphatic heterocycles. The summed E-state index contributed by atoms with van der Waals surface area (Å²) >= 11 is 3.22. The smallest absolute Gasteiger partial charge is 0.252 e. The van der Waals surface area contributed by atoms with Gasteiger partial charge in [0.2, 0.25) is 0 Å². The van der Waals surface area contributed by atoms with Gasteiger partial charge in [-0.05, 0) is 36.1 Å². The van der Waals surface area contributed by atoms with Crippen molar-refractivity contribution in [2.75, 3.05) is 6.26 Å². The Morgan fingerprint density at radius 2 is 2.00 bits per heavy atom. The first kappa shape index (κ1) is 16.7. The van der Waals surface area contributed by atoms with E-state index in [1.807, 2.05) is 65.4 Å². The van der Waals surface area contributed by atoms with E-state index in [-0.39, 0.29) is 5.91 Å². The second-order valence-electron chi connectivity index (χ2n) is 5.28. The Kier molecular flexibility index (Phi) is 5.33. The van der Waals surface area contributed by atoms with E-state index in [9.17, 15) is 4.79 Å². The minimum Gasteiger partial charge on any atom is -0.313 e. The van der Waals surface area contributed by atoms with Gasteiger partial charge in [-0.25, -0.2) is 0 Å². The van der Waals surface area contributed by atoms with Crippen LogP contribution in [-0.4, -0.2) is 16.7 Å². The Hall–Kier alpha value is -2.11. The number of fused-ring (bicyclic) bond motifs is 1. The highest BCUT2D eigenvalue weighted by Gasteiger charge is 2.07. The Balaban J connectivity index is 1.91. The zero-order valence-corrected chi connectivity index (χ0v) is 15.1. The maximum Gasteiger partial charge on any atom is 0.252 e. The molecule has 1 amide bonds. The minimum absolute atomic E-state index is 0.128. The van der Waals surface area contributed by atoms with Crippen molar-refractivity contribution in [2.24, 2.45) is 4.99 Å². The van der Waals surface area contributed by atoms with E-state index in [1.165, 1.54) is 16.2 Å². The lowest BCUT2D eigenvalue weighted by Crippen LogP contribution is -2.16. The Labute approximate surface area is 149 Å². The number of allylic oxidation sites excluding steroid dienone is 1. The van der Waals surface area contributed by atoms with Gasteiger partial charge in [0.1, 0.15) is 0 Å². The molecule has 0 bridgehead atoms. The van der Waals surface area contributed by atoms with Crippen LogP contribution in [0.25, 0.3) is 10.2 Å². The van der Waals surface area contributed by atoms with Gasteiger partial charge in [0.05, 0.1) is 16.6 Å². The molecule has 0 spiro atoms. The molecule has 3 nitrogen and oxygen atoms in total. The summed E-state index contributed by atoms with van der Waals surface area (Å²) < 4.78 is 3.15. The van der Waals surface area contributed by atoms with Gasteiger partial charge in [0.15, 0.2) is 4.80 Å². The number of nitrogens with zero attached hydrogens (tertiary/aromatic N) is 2. The number of hydrogen-bond donors (Lipinski definition) is 0. The standard InChI is InChI=1S/C19H18N2OS2/c1-3-12-21-16-6-4-5-7-17(16)24-19(21)20-18(22)13-14-8-10-15(23-2)11-9-14/h3-11H,1,12-13H2,2H3. The van der Waals surface area contributed by atoms with E-state index < -0.39 is 0 Å². The van der Waals surface area contributed by atoms with Crippen molar-refractivity contribution in [1.82, 2.24) is 4.57 Å². The molecule has 0 radical (unpaired) electrons. The molecule has 5 heteroatoms. The molecule has 0 aliphatic carbocycles. The Bertz CT molecular complexity index is 936. The molecule has 3 aromatic rings. The number of carbonyl (C=O) groups excluding carboxylic acids is 1. The van der Waals surface area contributed by atoms with Crippen molar-refractivity contribution >= 4 is 39.2 Å². The highest BCUT2D eigenvalue weighted by atomic mass is 32.2. The van der Waals surface area contributed by atoms with Crippen LogP contribution in [0.3, 0.4) is 0 Å². The molecule has 1 heterocycles. The van der Waals surface area contributed by atoms with Crippen LogP contribution in [0.5, 0.6) is 0 Å². The van der Waals surface area contributed by atoms with Crippen LogP contribution in [0.4, 0.5) is 0 Å². The zero-order chi connectivity index (χ0) is 16.9. The number of aromatic nitrogens is 1. The third-order valence-electron chi connectivity index (χ3n) is 3.63. The van der Waals surface area contributed by atoms with E-state index in [0.717, 1.165) is 20.6 Å². The third-order valence-corrected chi connectivity index (χ3v) is 5.44. The summed E-state index contributed by atoms with van der Waals surface area (Å²) in [6.07, 6.45) is 4.18. The monoisotopic (exact) mass is 354 g/mol. The number of benzene rings is 2. The number of rotatable bonds is 5. The highest BCUT2D eigenvalue weighted by Crippen LogP contribution is 2.17. The Morgan fingerprint density at radius 3 is 2.71 bits per heavy atom. The average molecular weight is 355 g/mol. The fourth-order valence-electron chi connectivity index (χ4n) is 2.48. The maximum absolute atomic E-state index is 12.4. The van der Waals surface area contributed by atoms with Crippen molar-refractivity contribution in [3.05, 3.63) is 71.6 Å². The molecule has 0 saturated heterocycles. The van der Waals surface area contributed by atoms with Gasteiger partial charge in [0.25, 0.3) is 5.91 Å². The number of amides is 1. The second-order valence-corrected chi connectivity index (χ2v) is 7.17. The molecule has 122 valence electrons. The number of thiazole rings is 1. The quantitative estimate of drug-likeness (QED) is 0.506. The highest BCUT2D eigenvalue weighted by molar-refractivity contribution is 7.98. The summed E-state index contributed by atoms with van der Waals surface area (Å²) in [6.45, 7) is 4.44. The summed E-state index contributed by atoms with van der Waals surface area (Å²) in [5.74, 6) is -0.128.